The zero-order valence-corrected chi connectivity index (χ0v) is 31.4. The highest BCUT2D eigenvalue weighted by Crippen LogP contribution is 2.57. The molecular weight excluding hydrogens is 731 g/mol. The minimum Gasteiger partial charge on any atom is -0.472 e. The highest BCUT2D eigenvalue weighted by Gasteiger charge is 2.61. The summed E-state index contributed by atoms with van der Waals surface area (Å²) in [7, 11) is -3.91. The molecule has 2 aromatic rings. The Hall–Kier alpha value is -4.21. The van der Waals surface area contributed by atoms with Gasteiger partial charge in [0.15, 0.2) is 5.78 Å². The normalized spacial score (nSPS) is 27.0. The van der Waals surface area contributed by atoms with Crippen molar-refractivity contribution in [3.8, 4) is 11.6 Å². The summed E-state index contributed by atoms with van der Waals surface area (Å²) in [6, 6.07) is 3.25. The highest BCUT2D eigenvalue weighted by molar-refractivity contribution is 7.90. The number of amides is 2. The highest BCUT2D eigenvalue weighted by atomic mass is 32.2. The van der Waals surface area contributed by atoms with E-state index in [9.17, 15) is 40.8 Å². The van der Waals surface area contributed by atoms with Crippen LogP contribution < -0.4 is 14.2 Å². The molecule has 294 valence electrons. The van der Waals surface area contributed by atoms with Crippen LogP contribution in [-0.4, -0.2) is 78.8 Å². The van der Waals surface area contributed by atoms with E-state index in [1.807, 2.05) is 0 Å². The Kier molecular flexibility index (Phi) is 10.8. The summed E-state index contributed by atoms with van der Waals surface area (Å²) in [5.74, 6) is -4.23. The van der Waals surface area contributed by atoms with E-state index in [-0.39, 0.29) is 55.5 Å². The molecule has 0 unspecified atom stereocenters. The molecule has 3 heterocycles. The number of Topliss-reactive ketones (excluding diaryl/α,β-unsaturated/α-hetero) is 1. The largest absolute Gasteiger partial charge is 0.573 e. The summed E-state index contributed by atoms with van der Waals surface area (Å²) in [5, 5.41) is -0.305. The molecule has 2 aliphatic heterocycles. The van der Waals surface area contributed by atoms with Gasteiger partial charge in [0.2, 0.25) is 27.7 Å². The number of benzene rings is 1. The second-order valence-electron chi connectivity index (χ2n) is 16.0. The van der Waals surface area contributed by atoms with Crippen molar-refractivity contribution < 1.29 is 55.0 Å². The Labute approximate surface area is 312 Å². The van der Waals surface area contributed by atoms with Crippen molar-refractivity contribution in [1.29, 1.82) is 0 Å². The van der Waals surface area contributed by atoms with Crippen molar-refractivity contribution in [2.24, 2.45) is 22.7 Å². The van der Waals surface area contributed by atoms with Crippen molar-refractivity contribution in [2.45, 2.75) is 109 Å². The summed E-state index contributed by atoms with van der Waals surface area (Å²) in [4.78, 5) is 61.2. The number of rotatable bonds is 8. The molecule has 5 atom stereocenters. The van der Waals surface area contributed by atoms with Crippen LogP contribution in [-0.2, 0) is 40.4 Å². The molecule has 2 amide bonds. The Bertz CT molecular complexity index is 1940. The molecular formula is C38H46F3N3O9S. The molecule has 3 fully saturated rings. The Morgan fingerprint density at radius 3 is 2.52 bits per heavy atom. The molecule has 4 aliphatic rings. The average Bonchev–Trinajstić information content (AvgIpc) is 4.00. The third kappa shape index (κ3) is 8.68. The summed E-state index contributed by atoms with van der Waals surface area (Å²) in [6.07, 6.45) is -0.616. The van der Waals surface area contributed by atoms with Crippen LogP contribution in [0.25, 0.3) is 10.8 Å². The van der Waals surface area contributed by atoms with Crippen LogP contribution in [0.5, 0.6) is 11.6 Å². The molecule has 6 rings (SSSR count). The van der Waals surface area contributed by atoms with Crippen LogP contribution in [0.4, 0.5) is 13.2 Å². The van der Waals surface area contributed by atoms with E-state index in [4.69, 9.17) is 9.47 Å². The minimum atomic E-state index is -4.97. The number of pyridine rings is 1. The first-order valence-electron chi connectivity index (χ1n) is 18.3. The number of carbonyl (C=O) groups is 4. The number of aromatic nitrogens is 1. The summed E-state index contributed by atoms with van der Waals surface area (Å²) >= 11 is 0. The molecule has 2 saturated carbocycles. The van der Waals surface area contributed by atoms with Gasteiger partial charge in [-0.1, -0.05) is 26.8 Å². The van der Waals surface area contributed by atoms with Crippen molar-refractivity contribution >= 4 is 44.4 Å². The molecule has 0 radical (unpaired) electrons. The van der Waals surface area contributed by atoms with Gasteiger partial charge >= 0.3 is 12.3 Å². The molecule has 16 heteroatoms. The molecule has 1 saturated heterocycles. The Balaban J connectivity index is 1.36. The number of carbonyl (C=O) groups excluding carboxylic acids is 4. The van der Waals surface area contributed by atoms with Gasteiger partial charge < -0.3 is 19.1 Å². The maximum Gasteiger partial charge on any atom is 0.573 e. The quantitative estimate of drug-likeness (QED) is 0.266. The number of ether oxygens (including phenoxy) is 3. The minimum absolute atomic E-state index is 0.0148. The van der Waals surface area contributed by atoms with E-state index in [1.165, 1.54) is 29.3 Å². The van der Waals surface area contributed by atoms with Crippen molar-refractivity contribution in [1.82, 2.24) is 14.6 Å². The van der Waals surface area contributed by atoms with E-state index in [2.05, 4.69) is 21.0 Å². The first kappa shape index (κ1) is 39.5. The van der Waals surface area contributed by atoms with Crippen LogP contribution in [0.2, 0.25) is 0 Å². The Morgan fingerprint density at radius 1 is 1.13 bits per heavy atom. The van der Waals surface area contributed by atoms with Gasteiger partial charge in [0, 0.05) is 29.8 Å². The van der Waals surface area contributed by atoms with Crippen LogP contribution in [0.3, 0.4) is 0 Å². The molecule has 4 bridgehead atoms. The lowest BCUT2D eigenvalue weighted by molar-refractivity contribution is -0.274. The molecule has 0 spiro atoms. The first-order chi connectivity index (χ1) is 25.3. The molecule has 1 aromatic heterocycles. The second kappa shape index (κ2) is 14.8. The van der Waals surface area contributed by atoms with Gasteiger partial charge in [-0.2, -0.15) is 0 Å². The van der Waals surface area contributed by atoms with Crippen LogP contribution >= 0.6 is 0 Å². The summed E-state index contributed by atoms with van der Waals surface area (Å²) < 4.78 is 84.5. The lowest BCUT2D eigenvalue weighted by Crippen LogP contribution is -2.48. The van der Waals surface area contributed by atoms with Crippen molar-refractivity contribution in [3.63, 3.8) is 0 Å². The fourth-order valence-corrected chi connectivity index (χ4v) is 9.00. The SMILES string of the molecule is C=C[C@H]1C[C@]1(CC(=O)[C@@H]1C[C@@H]2CN1C(=O)[C@H](C(C)(C)C)CC(=O)OCCCCCc1cc(OC(F)(F)F)c3ccnc(c3c1)O2)C(=O)NS(=O)(=O)C1CC1. The van der Waals surface area contributed by atoms with Gasteiger partial charge in [-0.05, 0) is 80.0 Å². The van der Waals surface area contributed by atoms with Gasteiger partial charge in [-0.3, -0.25) is 23.9 Å². The number of nitrogens with zero attached hydrogens (tertiary/aromatic N) is 2. The molecule has 2 aliphatic carbocycles. The number of hydrogen-bond acceptors (Lipinski definition) is 10. The standard InChI is InChI=1S/C38H46F3N3O9S/c1-5-23-19-37(23,35(48)43-54(49,50)25-10-11-25)20-30(45)29-17-24-21-44(29)34(47)28(36(2,3)4)18-32(46)51-14-8-6-7-9-22-15-27-26(12-13-42-33(27)52-24)31(16-22)53-38(39,40)41/h5,12-13,15-16,23-25,28-29H,1,6-11,14,17-21H2,2-4H3,(H,43,48)/t23-,24+,28+,29-,37+/m0/s1. The Morgan fingerprint density at radius 2 is 1.87 bits per heavy atom. The van der Waals surface area contributed by atoms with Crippen LogP contribution in [0, 0.1) is 22.7 Å². The average molecular weight is 778 g/mol. The number of cyclic esters (lactones) is 1. The second-order valence-corrected chi connectivity index (χ2v) is 18.0. The number of ketones is 1. The van der Waals surface area contributed by atoms with Crippen LogP contribution in [0.1, 0.15) is 84.1 Å². The summed E-state index contributed by atoms with van der Waals surface area (Å²) in [6.45, 7) is 9.11. The number of allylic oxidation sites excluding steroid dienone is 1. The maximum absolute atomic E-state index is 14.5. The van der Waals surface area contributed by atoms with E-state index in [0.717, 1.165) is 0 Å². The van der Waals surface area contributed by atoms with Crippen LogP contribution in [0.15, 0.2) is 37.1 Å². The zero-order chi connectivity index (χ0) is 39.2. The number of sulfonamides is 1. The zero-order valence-electron chi connectivity index (χ0n) is 30.6. The number of fused-ring (bicyclic) bond motifs is 3. The maximum atomic E-state index is 14.5. The lowest BCUT2D eigenvalue weighted by Gasteiger charge is -2.34. The lowest BCUT2D eigenvalue weighted by atomic mass is 9.77. The topological polar surface area (TPSA) is 158 Å². The fraction of sp³-hybridized carbons (Fsp3) is 0.605. The smallest absolute Gasteiger partial charge is 0.472 e. The number of halogens is 3. The number of esters is 1. The van der Waals surface area contributed by atoms with Gasteiger partial charge in [0.05, 0.1) is 42.2 Å². The van der Waals surface area contributed by atoms with Gasteiger partial charge in [-0.25, -0.2) is 13.4 Å². The fourth-order valence-electron chi connectivity index (χ4n) is 7.61. The number of alkyl halides is 3. The third-order valence-corrected chi connectivity index (χ3v) is 12.8. The van der Waals surface area contributed by atoms with Gasteiger partial charge in [0.1, 0.15) is 11.9 Å². The molecule has 1 N–H and O–H groups in total. The van der Waals surface area contributed by atoms with Gasteiger partial charge in [0.25, 0.3) is 0 Å². The van der Waals surface area contributed by atoms with Crippen molar-refractivity contribution in [3.05, 3.63) is 42.6 Å². The van der Waals surface area contributed by atoms with E-state index < -0.39 is 85.8 Å². The molecule has 12 nitrogen and oxygen atoms in total. The van der Waals surface area contributed by atoms with E-state index in [1.54, 1.807) is 26.8 Å². The number of nitrogens with one attached hydrogen (secondary N) is 1. The monoisotopic (exact) mass is 777 g/mol. The molecule has 54 heavy (non-hydrogen) atoms. The predicted molar refractivity (Wildman–Crippen MR) is 189 cm³/mol. The van der Waals surface area contributed by atoms with E-state index >= 15 is 0 Å². The predicted octanol–water partition coefficient (Wildman–Crippen LogP) is 5.56. The number of hydrogen-bond donors (Lipinski definition) is 1. The summed E-state index contributed by atoms with van der Waals surface area (Å²) in [5.41, 5.74) is -1.60. The molecule has 1 aromatic carbocycles. The first-order valence-corrected chi connectivity index (χ1v) is 19.9. The number of aryl methyl sites for hydroxylation is 1. The van der Waals surface area contributed by atoms with Crippen molar-refractivity contribution in [2.75, 3.05) is 13.2 Å². The van der Waals surface area contributed by atoms with Gasteiger partial charge in [-0.15, -0.1) is 19.8 Å². The third-order valence-electron chi connectivity index (χ3n) is 10.9. The van der Waals surface area contributed by atoms with E-state index in [0.29, 0.717) is 44.1 Å².